The summed E-state index contributed by atoms with van der Waals surface area (Å²) in [5.41, 5.74) is 1.35. The van der Waals surface area contributed by atoms with Crippen LogP contribution in [0.2, 0.25) is 0 Å². The number of para-hydroxylation sites is 1. The number of hydrogen-bond acceptors (Lipinski definition) is 6. The Labute approximate surface area is 172 Å². The van der Waals surface area contributed by atoms with E-state index in [-0.39, 0.29) is 17.1 Å². The Kier molecular flexibility index (Phi) is 7.04. The average Bonchev–Trinajstić information content (AvgIpc) is 3.03. The van der Waals surface area contributed by atoms with Crippen LogP contribution in [0, 0.1) is 13.8 Å². The number of thiophene rings is 1. The molecule has 0 atom stereocenters. The minimum atomic E-state index is -0.0698. The van der Waals surface area contributed by atoms with Crippen molar-refractivity contribution in [2.45, 2.75) is 38.9 Å². The van der Waals surface area contributed by atoms with E-state index in [1.165, 1.54) is 11.8 Å². The van der Waals surface area contributed by atoms with Crippen LogP contribution in [0.4, 0.5) is 0 Å². The highest BCUT2D eigenvalue weighted by Gasteiger charge is 2.16. The van der Waals surface area contributed by atoms with Gasteiger partial charge in [-0.3, -0.25) is 14.2 Å². The molecule has 7 heteroatoms. The lowest BCUT2D eigenvalue weighted by molar-refractivity contribution is 0.102. The number of benzene rings is 1. The van der Waals surface area contributed by atoms with Gasteiger partial charge in [-0.15, -0.1) is 11.3 Å². The third-order valence-electron chi connectivity index (χ3n) is 4.37. The van der Waals surface area contributed by atoms with Crippen LogP contribution in [0.15, 0.2) is 40.3 Å². The number of ketones is 1. The molecule has 0 fully saturated rings. The Hall–Kier alpha value is -1.96. The number of hydrogen-bond donors (Lipinski definition) is 0. The summed E-state index contributed by atoms with van der Waals surface area (Å²) < 4.78 is 7.07. The number of nitrogens with zero attached hydrogens (tertiary/aromatic N) is 2. The lowest BCUT2D eigenvalue weighted by Gasteiger charge is -2.13. The molecule has 3 rings (SSSR count). The molecule has 28 heavy (non-hydrogen) atoms. The van der Waals surface area contributed by atoms with Gasteiger partial charge in [-0.1, -0.05) is 23.9 Å². The SMILES string of the molecule is CCOCCCn1c(SCC(=O)c2cc(C)sc2C)nc2ccccc2c1=O. The van der Waals surface area contributed by atoms with E-state index < -0.39 is 0 Å². The number of carbonyl (C=O) groups excluding carboxylic acids is 1. The minimum absolute atomic E-state index is 0.0649. The summed E-state index contributed by atoms with van der Waals surface area (Å²) in [6, 6.07) is 9.27. The molecule has 5 nitrogen and oxygen atoms in total. The third-order valence-corrected chi connectivity index (χ3v) is 6.32. The van der Waals surface area contributed by atoms with E-state index in [4.69, 9.17) is 4.74 Å². The number of aromatic nitrogens is 2. The molecule has 1 aromatic carbocycles. The first kappa shape index (κ1) is 20.8. The van der Waals surface area contributed by atoms with Crippen LogP contribution in [0.3, 0.4) is 0 Å². The van der Waals surface area contributed by atoms with Gasteiger partial charge in [0.1, 0.15) is 0 Å². The Morgan fingerprint density at radius 1 is 1.29 bits per heavy atom. The largest absolute Gasteiger partial charge is 0.382 e. The monoisotopic (exact) mass is 416 g/mol. The fourth-order valence-corrected chi connectivity index (χ4v) is 4.89. The summed E-state index contributed by atoms with van der Waals surface area (Å²) >= 11 is 2.95. The van der Waals surface area contributed by atoms with Crippen molar-refractivity contribution in [3.63, 3.8) is 0 Å². The molecule has 0 saturated carbocycles. The van der Waals surface area contributed by atoms with Crippen molar-refractivity contribution in [2.75, 3.05) is 19.0 Å². The Bertz CT molecular complexity index is 1040. The maximum atomic E-state index is 13.0. The second kappa shape index (κ2) is 9.49. The zero-order valence-corrected chi connectivity index (χ0v) is 18.0. The van der Waals surface area contributed by atoms with Crippen LogP contribution in [-0.2, 0) is 11.3 Å². The quantitative estimate of drug-likeness (QED) is 0.223. The number of ether oxygens (including phenoxy) is 1. The molecule has 0 aliphatic heterocycles. The predicted octanol–water partition coefficient (Wildman–Crippen LogP) is 4.48. The number of thioether (sulfide) groups is 1. The molecular formula is C21H24N2O3S2. The smallest absolute Gasteiger partial charge is 0.262 e. The van der Waals surface area contributed by atoms with E-state index in [2.05, 4.69) is 4.98 Å². The van der Waals surface area contributed by atoms with E-state index in [1.807, 2.05) is 45.0 Å². The number of rotatable bonds is 9. The number of Topliss-reactive ketones (excluding diaryl/α,β-unsaturated/α-hetero) is 1. The lowest BCUT2D eigenvalue weighted by atomic mass is 10.2. The topological polar surface area (TPSA) is 61.2 Å². The third kappa shape index (κ3) is 4.71. The molecular weight excluding hydrogens is 392 g/mol. The van der Waals surface area contributed by atoms with E-state index in [0.717, 1.165) is 21.7 Å². The standard InChI is InChI=1S/C21H24N2O3S2/c1-4-26-11-7-10-23-20(25)16-8-5-6-9-18(16)22-21(23)27-13-19(24)17-12-14(2)28-15(17)3/h5-6,8-9,12H,4,7,10-11,13H2,1-3H3. The first-order valence-corrected chi connectivity index (χ1v) is 11.1. The zero-order chi connectivity index (χ0) is 20.1. The summed E-state index contributed by atoms with van der Waals surface area (Å²) in [6.45, 7) is 7.68. The zero-order valence-electron chi connectivity index (χ0n) is 16.4. The summed E-state index contributed by atoms with van der Waals surface area (Å²) in [5, 5.41) is 1.18. The molecule has 0 N–H and O–H groups in total. The molecule has 0 aliphatic carbocycles. The summed E-state index contributed by atoms with van der Waals surface area (Å²) in [5.74, 6) is 0.322. The van der Waals surface area contributed by atoms with Crippen LogP contribution < -0.4 is 5.56 Å². The maximum Gasteiger partial charge on any atom is 0.262 e. The van der Waals surface area contributed by atoms with Crippen LogP contribution in [0.1, 0.15) is 33.5 Å². The van der Waals surface area contributed by atoms with Gasteiger partial charge in [0, 0.05) is 35.1 Å². The van der Waals surface area contributed by atoms with Crippen molar-refractivity contribution in [3.8, 4) is 0 Å². The lowest BCUT2D eigenvalue weighted by Crippen LogP contribution is -2.24. The van der Waals surface area contributed by atoms with E-state index in [9.17, 15) is 9.59 Å². The van der Waals surface area contributed by atoms with Gasteiger partial charge in [0.15, 0.2) is 10.9 Å². The normalized spacial score (nSPS) is 11.2. The van der Waals surface area contributed by atoms with Gasteiger partial charge in [0.05, 0.1) is 16.7 Å². The fourth-order valence-electron chi connectivity index (χ4n) is 3.04. The number of carbonyl (C=O) groups is 1. The van der Waals surface area contributed by atoms with Crippen molar-refractivity contribution in [2.24, 2.45) is 0 Å². The first-order chi connectivity index (χ1) is 13.5. The Morgan fingerprint density at radius 2 is 2.07 bits per heavy atom. The molecule has 0 spiro atoms. The second-order valence-corrected chi connectivity index (χ2v) is 8.86. The molecule has 3 aromatic rings. The van der Waals surface area contributed by atoms with E-state index in [1.54, 1.807) is 22.0 Å². The minimum Gasteiger partial charge on any atom is -0.382 e. The summed E-state index contributed by atoms with van der Waals surface area (Å²) in [6.07, 6.45) is 0.720. The second-order valence-electron chi connectivity index (χ2n) is 6.46. The van der Waals surface area contributed by atoms with Gasteiger partial charge in [0.2, 0.25) is 0 Å². The van der Waals surface area contributed by atoms with E-state index >= 15 is 0 Å². The van der Waals surface area contributed by atoms with Gasteiger partial charge in [-0.05, 0) is 45.4 Å². The highest BCUT2D eigenvalue weighted by Crippen LogP contribution is 2.24. The van der Waals surface area contributed by atoms with Gasteiger partial charge in [-0.2, -0.15) is 0 Å². The van der Waals surface area contributed by atoms with Crippen LogP contribution in [0.25, 0.3) is 10.9 Å². The summed E-state index contributed by atoms with van der Waals surface area (Å²) in [4.78, 5) is 32.5. The van der Waals surface area contributed by atoms with Crippen LogP contribution >= 0.6 is 23.1 Å². The average molecular weight is 417 g/mol. The Balaban J connectivity index is 1.86. The van der Waals surface area contributed by atoms with Crippen molar-refractivity contribution >= 4 is 39.8 Å². The van der Waals surface area contributed by atoms with Gasteiger partial charge in [0.25, 0.3) is 5.56 Å². The molecule has 0 unspecified atom stereocenters. The number of aryl methyl sites for hydroxylation is 2. The molecule has 0 radical (unpaired) electrons. The molecule has 148 valence electrons. The highest BCUT2D eigenvalue weighted by molar-refractivity contribution is 7.99. The first-order valence-electron chi connectivity index (χ1n) is 9.31. The van der Waals surface area contributed by atoms with Crippen molar-refractivity contribution in [1.82, 2.24) is 9.55 Å². The molecule has 2 aromatic heterocycles. The molecule has 0 amide bonds. The maximum absolute atomic E-state index is 13.0. The van der Waals surface area contributed by atoms with Gasteiger partial charge >= 0.3 is 0 Å². The van der Waals surface area contributed by atoms with E-state index in [0.29, 0.717) is 35.8 Å². The summed E-state index contributed by atoms with van der Waals surface area (Å²) in [7, 11) is 0. The van der Waals surface area contributed by atoms with Crippen molar-refractivity contribution in [3.05, 3.63) is 56.0 Å². The Morgan fingerprint density at radius 3 is 2.79 bits per heavy atom. The van der Waals surface area contributed by atoms with Crippen LogP contribution in [0.5, 0.6) is 0 Å². The van der Waals surface area contributed by atoms with Gasteiger partial charge < -0.3 is 4.74 Å². The van der Waals surface area contributed by atoms with Crippen molar-refractivity contribution < 1.29 is 9.53 Å². The fraction of sp³-hybridized carbons (Fsp3) is 0.381. The van der Waals surface area contributed by atoms with Crippen molar-refractivity contribution in [1.29, 1.82) is 0 Å². The predicted molar refractivity (Wildman–Crippen MR) is 116 cm³/mol. The highest BCUT2D eigenvalue weighted by atomic mass is 32.2. The molecule has 0 aliphatic rings. The van der Waals surface area contributed by atoms with Crippen LogP contribution in [-0.4, -0.2) is 34.3 Å². The number of fused-ring (bicyclic) bond motifs is 1. The molecule has 0 bridgehead atoms. The molecule has 0 saturated heterocycles. The van der Waals surface area contributed by atoms with Gasteiger partial charge in [-0.25, -0.2) is 4.98 Å². The molecule has 2 heterocycles.